The summed E-state index contributed by atoms with van der Waals surface area (Å²) in [5.41, 5.74) is 5.38. The third-order valence-electron chi connectivity index (χ3n) is 3.61. The Bertz CT molecular complexity index is 516. The van der Waals surface area contributed by atoms with Gasteiger partial charge in [0.05, 0.1) is 6.20 Å². The minimum atomic E-state index is 0.500. The van der Waals surface area contributed by atoms with Gasteiger partial charge in [0.25, 0.3) is 0 Å². The predicted molar refractivity (Wildman–Crippen MR) is 67.7 cm³/mol. The number of nitrogens with zero attached hydrogens (tertiary/aromatic N) is 1. The number of fused-ring (bicyclic) bond motifs is 1. The van der Waals surface area contributed by atoms with Gasteiger partial charge in [-0.05, 0) is 30.9 Å². The number of aromatic amines is 1. The highest BCUT2D eigenvalue weighted by Crippen LogP contribution is 2.30. The summed E-state index contributed by atoms with van der Waals surface area (Å²) in [7, 11) is 0. The van der Waals surface area contributed by atoms with E-state index in [-0.39, 0.29) is 0 Å². The van der Waals surface area contributed by atoms with E-state index in [0.29, 0.717) is 6.04 Å². The van der Waals surface area contributed by atoms with Crippen molar-refractivity contribution in [2.24, 2.45) is 0 Å². The summed E-state index contributed by atoms with van der Waals surface area (Å²) in [5, 5.41) is 10.6. The van der Waals surface area contributed by atoms with Gasteiger partial charge in [0.15, 0.2) is 0 Å². The van der Waals surface area contributed by atoms with E-state index in [4.69, 9.17) is 0 Å². The van der Waals surface area contributed by atoms with Crippen molar-refractivity contribution in [2.45, 2.75) is 32.4 Å². The summed E-state index contributed by atoms with van der Waals surface area (Å²) in [4.78, 5) is 0. The molecule has 0 amide bonds. The molecular weight excluding hydrogens is 210 g/mol. The van der Waals surface area contributed by atoms with Crippen LogP contribution in [0.1, 0.15) is 34.8 Å². The van der Waals surface area contributed by atoms with Crippen molar-refractivity contribution >= 4 is 0 Å². The van der Waals surface area contributed by atoms with E-state index in [2.05, 4.69) is 46.7 Å². The molecule has 17 heavy (non-hydrogen) atoms. The van der Waals surface area contributed by atoms with E-state index < -0.39 is 0 Å². The van der Waals surface area contributed by atoms with Gasteiger partial charge in [0.2, 0.25) is 0 Å². The van der Waals surface area contributed by atoms with Gasteiger partial charge in [0, 0.05) is 23.8 Å². The van der Waals surface area contributed by atoms with E-state index in [9.17, 15) is 0 Å². The van der Waals surface area contributed by atoms with Gasteiger partial charge in [-0.2, -0.15) is 5.10 Å². The molecule has 88 valence electrons. The van der Waals surface area contributed by atoms with Gasteiger partial charge in [-0.3, -0.25) is 5.10 Å². The van der Waals surface area contributed by atoms with Crippen LogP contribution in [0.3, 0.4) is 0 Å². The lowest BCUT2D eigenvalue weighted by Gasteiger charge is -2.13. The third-order valence-corrected chi connectivity index (χ3v) is 3.61. The zero-order valence-corrected chi connectivity index (χ0v) is 10.0. The van der Waals surface area contributed by atoms with Crippen LogP contribution in [0, 0.1) is 6.92 Å². The van der Waals surface area contributed by atoms with Crippen molar-refractivity contribution in [2.75, 3.05) is 0 Å². The van der Waals surface area contributed by atoms with Crippen LogP contribution in [0.25, 0.3) is 0 Å². The minimum Gasteiger partial charge on any atom is -0.306 e. The van der Waals surface area contributed by atoms with Crippen LogP contribution < -0.4 is 5.32 Å². The molecule has 3 heteroatoms. The summed E-state index contributed by atoms with van der Waals surface area (Å²) in [5.74, 6) is 0. The molecule has 3 nitrogen and oxygen atoms in total. The average Bonchev–Trinajstić information content (AvgIpc) is 2.93. The zero-order chi connectivity index (χ0) is 11.7. The summed E-state index contributed by atoms with van der Waals surface area (Å²) in [6, 6.07) is 9.23. The van der Waals surface area contributed by atoms with Crippen molar-refractivity contribution < 1.29 is 0 Å². The van der Waals surface area contributed by atoms with Crippen molar-refractivity contribution in [1.29, 1.82) is 0 Å². The maximum absolute atomic E-state index is 4.05. The number of hydrogen-bond acceptors (Lipinski definition) is 2. The highest BCUT2D eigenvalue weighted by atomic mass is 15.1. The van der Waals surface area contributed by atoms with Gasteiger partial charge < -0.3 is 5.32 Å². The Morgan fingerprint density at radius 2 is 2.29 bits per heavy atom. The smallest absolute Gasteiger partial charge is 0.0535 e. The number of H-pyrrole nitrogens is 1. The van der Waals surface area contributed by atoms with E-state index >= 15 is 0 Å². The molecule has 2 N–H and O–H groups in total. The van der Waals surface area contributed by atoms with Crippen LogP contribution in [-0.4, -0.2) is 10.2 Å². The average molecular weight is 227 g/mol. The molecule has 0 fully saturated rings. The second-order valence-corrected chi connectivity index (χ2v) is 4.69. The molecular formula is C14H17N3. The molecule has 0 unspecified atom stereocenters. The molecule has 1 heterocycles. The van der Waals surface area contributed by atoms with Gasteiger partial charge in [-0.1, -0.05) is 24.3 Å². The maximum Gasteiger partial charge on any atom is 0.0535 e. The molecule has 1 atom stereocenters. The van der Waals surface area contributed by atoms with Crippen molar-refractivity contribution in [1.82, 2.24) is 15.5 Å². The molecule has 0 saturated carbocycles. The van der Waals surface area contributed by atoms with E-state index in [0.717, 1.165) is 12.2 Å². The molecule has 1 aliphatic carbocycles. The van der Waals surface area contributed by atoms with E-state index in [1.807, 2.05) is 6.20 Å². The van der Waals surface area contributed by atoms with Crippen LogP contribution in [-0.2, 0) is 13.0 Å². The first kappa shape index (κ1) is 10.5. The molecule has 1 aromatic heterocycles. The van der Waals surface area contributed by atoms with Gasteiger partial charge in [0.1, 0.15) is 0 Å². The number of aryl methyl sites for hydroxylation is 2. The Morgan fingerprint density at radius 3 is 3.12 bits per heavy atom. The predicted octanol–water partition coefficient (Wildman–Crippen LogP) is 2.50. The largest absolute Gasteiger partial charge is 0.306 e. The van der Waals surface area contributed by atoms with Crippen LogP contribution in [0.4, 0.5) is 0 Å². The first-order valence-corrected chi connectivity index (χ1v) is 6.14. The zero-order valence-electron chi connectivity index (χ0n) is 10.0. The lowest BCUT2D eigenvalue weighted by atomic mass is 10.1. The van der Waals surface area contributed by atoms with Crippen LogP contribution in [0.2, 0.25) is 0 Å². The highest BCUT2D eigenvalue weighted by molar-refractivity contribution is 5.34. The number of aromatic nitrogens is 2. The third kappa shape index (κ3) is 1.98. The molecule has 2 aromatic rings. The minimum absolute atomic E-state index is 0.500. The summed E-state index contributed by atoms with van der Waals surface area (Å²) in [6.07, 6.45) is 4.30. The van der Waals surface area contributed by atoms with Crippen molar-refractivity contribution in [3.63, 3.8) is 0 Å². The van der Waals surface area contributed by atoms with Crippen LogP contribution in [0.15, 0.2) is 30.5 Å². The fraction of sp³-hybridized carbons (Fsp3) is 0.357. The normalized spacial score (nSPS) is 18.3. The topological polar surface area (TPSA) is 40.7 Å². The van der Waals surface area contributed by atoms with Gasteiger partial charge in [-0.25, -0.2) is 0 Å². The first-order valence-electron chi connectivity index (χ1n) is 6.14. The maximum atomic E-state index is 4.05. The molecule has 0 bridgehead atoms. The molecule has 1 aromatic carbocycles. The molecule has 0 radical (unpaired) electrons. The standard InChI is InChI=1S/C14H17N3/c1-10-12(9-16-17-10)8-15-14-7-6-11-4-2-3-5-13(11)14/h2-5,9,14-15H,6-8H2,1H3,(H,16,17)/t14-/m1/s1. The lowest BCUT2D eigenvalue weighted by molar-refractivity contribution is 0.529. The monoisotopic (exact) mass is 227 g/mol. The van der Waals surface area contributed by atoms with Crippen molar-refractivity contribution in [3.8, 4) is 0 Å². The van der Waals surface area contributed by atoms with Crippen LogP contribution in [0.5, 0.6) is 0 Å². The Hall–Kier alpha value is -1.61. The summed E-state index contributed by atoms with van der Waals surface area (Å²) < 4.78 is 0. The molecule has 3 rings (SSSR count). The van der Waals surface area contributed by atoms with Crippen LogP contribution >= 0.6 is 0 Å². The van der Waals surface area contributed by atoms with Crippen molar-refractivity contribution in [3.05, 3.63) is 52.8 Å². The fourth-order valence-corrected chi connectivity index (χ4v) is 2.56. The lowest BCUT2D eigenvalue weighted by Crippen LogP contribution is -2.18. The Kier molecular flexibility index (Phi) is 2.69. The molecule has 0 saturated heterocycles. The fourth-order valence-electron chi connectivity index (χ4n) is 2.56. The van der Waals surface area contributed by atoms with E-state index in [1.54, 1.807) is 0 Å². The number of hydrogen-bond donors (Lipinski definition) is 2. The summed E-state index contributed by atoms with van der Waals surface area (Å²) >= 11 is 0. The second kappa shape index (κ2) is 4.34. The molecule has 1 aliphatic rings. The van der Waals surface area contributed by atoms with Gasteiger partial charge >= 0.3 is 0 Å². The Balaban J connectivity index is 1.70. The Labute approximate surface area is 101 Å². The Morgan fingerprint density at radius 1 is 1.41 bits per heavy atom. The van der Waals surface area contributed by atoms with E-state index in [1.165, 1.54) is 29.5 Å². The van der Waals surface area contributed by atoms with Gasteiger partial charge in [-0.15, -0.1) is 0 Å². The summed E-state index contributed by atoms with van der Waals surface area (Å²) in [6.45, 7) is 2.95. The highest BCUT2D eigenvalue weighted by Gasteiger charge is 2.21. The number of rotatable bonds is 3. The number of nitrogens with one attached hydrogen (secondary N) is 2. The second-order valence-electron chi connectivity index (χ2n) is 4.69. The number of benzene rings is 1. The first-order chi connectivity index (χ1) is 8.34. The molecule has 0 spiro atoms. The quantitative estimate of drug-likeness (QED) is 0.845. The SMILES string of the molecule is Cc1[nH]ncc1CN[C@@H]1CCc2ccccc21. The molecule has 0 aliphatic heterocycles.